The molecule has 2 heterocycles. The normalized spacial score (nSPS) is 13.1. The third kappa shape index (κ3) is 2.71. The Balaban J connectivity index is 2.05. The zero-order valence-electron chi connectivity index (χ0n) is 11.6. The van der Waals surface area contributed by atoms with Gasteiger partial charge in [-0.3, -0.25) is 4.79 Å². The molecule has 0 radical (unpaired) electrons. The molecule has 0 fully saturated rings. The maximum absolute atomic E-state index is 11.5. The first-order valence-corrected chi connectivity index (χ1v) is 4.64. The minimum atomic E-state index is -2.56. The lowest BCUT2D eigenvalue weighted by molar-refractivity contribution is 0.0957. The van der Waals surface area contributed by atoms with Gasteiger partial charge in [0.05, 0.1) is 0 Å². The average Bonchev–Trinajstić information content (AvgIpc) is 2.39. The van der Waals surface area contributed by atoms with E-state index in [1.54, 1.807) is 18.5 Å². The number of carbonyl (C=O) groups is 1. The van der Waals surface area contributed by atoms with Crippen LogP contribution in [0.25, 0.3) is 0 Å². The molecule has 1 amide bonds. The van der Waals surface area contributed by atoms with E-state index >= 15 is 0 Å². The second kappa shape index (κ2) is 4.97. The maximum atomic E-state index is 11.5. The summed E-state index contributed by atoms with van der Waals surface area (Å²) in [7, 11) is 0. The summed E-state index contributed by atoms with van der Waals surface area (Å²) in [5.41, 5.74) is -0.0966. The molecule has 0 saturated carbocycles. The van der Waals surface area contributed by atoms with Crippen LogP contribution in [0.3, 0.4) is 0 Å². The predicted molar refractivity (Wildman–Crippen MR) is 60.7 cm³/mol. The van der Waals surface area contributed by atoms with E-state index in [1.807, 2.05) is 5.32 Å². The van der Waals surface area contributed by atoms with Crippen LogP contribution in [-0.2, 0) is 0 Å². The fourth-order valence-corrected chi connectivity index (χ4v) is 1.06. The van der Waals surface area contributed by atoms with Crippen LogP contribution in [0.5, 0.6) is 0 Å². The number of anilines is 2. The van der Waals surface area contributed by atoms with Gasteiger partial charge < -0.3 is 10.6 Å². The van der Waals surface area contributed by atoms with E-state index in [9.17, 15) is 4.79 Å². The zero-order valence-corrected chi connectivity index (χ0v) is 8.58. The van der Waals surface area contributed by atoms with Gasteiger partial charge in [-0.25, -0.2) is 9.97 Å². The van der Waals surface area contributed by atoms with E-state index in [2.05, 4.69) is 25.5 Å². The molecular weight excluding hydrogens is 220 g/mol. The van der Waals surface area contributed by atoms with Crippen molar-refractivity contribution in [2.45, 2.75) is 0 Å². The molecule has 0 saturated heterocycles. The smallest absolute Gasteiger partial charge is 0.271 e. The van der Waals surface area contributed by atoms with Gasteiger partial charge >= 0.3 is 0 Å². The number of aromatic nitrogens is 4. The van der Waals surface area contributed by atoms with E-state index in [0.29, 0.717) is 11.8 Å². The topological polar surface area (TPSA) is 92.7 Å². The number of hydrogen-bond acceptors (Lipinski definition) is 6. The van der Waals surface area contributed by atoms with Crippen molar-refractivity contribution in [1.82, 2.24) is 25.5 Å². The molecule has 2 rings (SSSR count). The molecule has 0 aliphatic carbocycles. The predicted octanol–water partition coefficient (Wildman–Crippen LogP) is 0.370. The van der Waals surface area contributed by atoms with Gasteiger partial charge in [-0.1, -0.05) is 0 Å². The summed E-state index contributed by atoms with van der Waals surface area (Å²) >= 11 is 0. The summed E-state index contributed by atoms with van der Waals surface area (Å²) in [6, 6.07) is 4.48. The number of amides is 1. The molecule has 17 heavy (non-hydrogen) atoms. The third-order valence-electron chi connectivity index (χ3n) is 1.82. The number of nitrogens with one attached hydrogen (secondary N) is 2. The Kier molecular flexibility index (Phi) is 2.24. The maximum Gasteiger partial charge on any atom is 0.271 e. The van der Waals surface area contributed by atoms with Crippen LogP contribution in [0.15, 0.2) is 30.6 Å². The Hall–Kier alpha value is -2.57. The number of nitrogens with zero attached hydrogens (tertiary/aromatic N) is 4. The van der Waals surface area contributed by atoms with Crippen molar-refractivity contribution in [1.29, 1.82) is 0 Å². The highest BCUT2D eigenvalue weighted by Crippen LogP contribution is 2.07. The highest BCUT2D eigenvalue weighted by molar-refractivity contribution is 5.91. The molecule has 0 bridgehead atoms. The SMILES string of the molecule is [2H]C([2H])([2H])NC(=O)c1ccc(Nc2ncccn2)nn1. The molecule has 2 aromatic rings. The van der Waals surface area contributed by atoms with Crippen LogP contribution in [-0.4, -0.2) is 33.0 Å². The monoisotopic (exact) mass is 233 g/mol. The minimum Gasteiger partial charge on any atom is -0.354 e. The lowest BCUT2D eigenvalue weighted by atomic mass is 10.3. The summed E-state index contributed by atoms with van der Waals surface area (Å²) in [4.78, 5) is 19.4. The van der Waals surface area contributed by atoms with Crippen LogP contribution < -0.4 is 10.6 Å². The van der Waals surface area contributed by atoms with Gasteiger partial charge in [0.2, 0.25) is 5.95 Å². The Labute approximate surface area is 102 Å². The number of hydrogen-bond donors (Lipinski definition) is 2. The van der Waals surface area contributed by atoms with Crippen LogP contribution in [0, 0.1) is 0 Å². The molecule has 86 valence electrons. The fraction of sp³-hybridized carbons (Fsp3) is 0.100. The first-order valence-electron chi connectivity index (χ1n) is 6.14. The lowest BCUT2D eigenvalue weighted by Gasteiger charge is -2.02. The minimum absolute atomic E-state index is 0.0966. The number of carbonyl (C=O) groups excluding carboxylic acids is 1. The Morgan fingerprint density at radius 3 is 2.76 bits per heavy atom. The van der Waals surface area contributed by atoms with Crippen molar-refractivity contribution in [3.63, 3.8) is 0 Å². The fourth-order valence-electron chi connectivity index (χ4n) is 1.06. The summed E-state index contributed by atoms with van der Waals surface area (Å²) in [5, 5.41) is 12.0. The van der Waals surface area contributed by atoms with Crippen molar-refractivity contribution in [2.75, 3.05) is 12.3 Å². The van der Waals surface area contributed by atoms with E-state index in [0.717, 1.165) is 0 Å². The molecule has 0 unspecified atom stereocenters. The molecule has 0 atom stereocenters. The van der Waals surface area contributed by atoms with Crippen LogP contribution in [0.1, 0.15) is 14.6 Å². The summed E-state index contributed by atoms with van der Waals surface area (Å²) < 4.78 is 20.8. The van der Waals surface area contributed by atoms with Crippen LogP contribution in [0.4, 0.5) is 11.8 Å². The van der Waals surface area contributed by atoms with Crippen LogP contribution >= 0.6 is 0 Å². The second-order valence-electron chi connectivity index (χ2n) is 2.96. The van der Waals surface area contributed by atoms with Crippen molar-refractivity contribution in [2.24, 2.45) is 0 Å². The zero-order chi connectivity index (χ0) is 14.6. The van der Waals surface area contributed by atoms with Gasteiger partial charge in [0, 0.05) is 23.5 Å². The molecule has 0 aromatic carbocycles. The Morgan fingerprint density at radius 2 is 2.12 bits per heavy atom. The lowest BCUT2D eigenvalue weighted by Crippen LogP contribution is -2.19. The first kappa shape index (κ1) is 7.66. The summed E-state index contributed by atoms with van der Waals surface area (Å²) in [6.07, 6.45) is 3.11. The quantitative estimate of drug-likeness (QED) is 0.795. The second-order valence-corrected chi connectivity index (χ2v) is 2.96. The van der Waals surface area contributed by atoms with Crippen LogP contribution in [0.2, 0.25) is 0 Å². The van der Waals surface area contributed by atoms with E-state index in [1.165, 1.54) is 12.1 Å². The molecule has 7 nitrogen and oxygen atoms in total. The summed E-state index contributed by atoms with van der Waals surface area (Å²) in [5.74, 6) is -0.150. The van der Waals surface area contributed by atoms with Crippen molar-refractivity contribution in [3.8, 4) is 0 Å². The Morgan fingerprint density at radius 1 is 1.29 bits per heavy atom. The molecular formula is C10H10N6O. The van der Waals surface area contributed by atoms with Gasteiger partial charge in [0.25, 0.3) is 5.91 Å². The molecule has 0 spiro atoms. The largest absolute Gasteiger partial charge is 0.354 e. The average molecular weight is 233 g/mol. The van der Waals surface area contributed by atoms with Crippen molar-refractivity contribution >= 4 is 17.7 Å². The van der Waals surface area contributed by atoms with Gasteiger partial charge in [-0.15, -0.1) is 10.2 Å². The Bertz CT molecular complexity index is 586. The summed E-state index contributed by atoms with van der Waals surface area (Å²) in [6.45, 7) is -2.56. The highest BCUT2D eigenvalue weighted by atomic mass is 16.1. The molecule has 0 aliphatic rings. The molecule has 7 heteroatoms. The van der Waals surface area contributed by atoms with Gasteiger partial charge in [-0.05, 0) is 18.2 Å². The van der Waals surface area contributed by atoms with E-state index in [4.69, 9.17) is 4.11 Å². The van der Waals surface area contributed by atoms with Gasteiger partial charge in [0.1, 0.15) is 0 Å². The molecule has 0 aliphatic heterocycles. The van der Waals surface area contributed by atoms with E-state index < -0.39 is 12.9 Å². The molecule has 2 aromatic heterocycles. The first-order chi connectivity index (χ1) is 9.44. The highest BCUT2D eigenvalue weighted by Gasteiger charge is 2.05. The number of rotatable bonds is 3. The van der Waals surface area contributed by atoms with Crippen molar-refractivity contribution < 1.29 is 8.91 Å². The molecule has 2 N–H and O–H groups in total. The van der Waals surface area contributed by atoms with Gasteiger partial charge in [-0.2, -0.15) is 0 Å². The third-order valence-corrected chi connectivity index (χ3v) is 1.82. The standard InChI is InChI=1S/C10H10N6O/c1-11-9(17)7-3-4-8(16-15-7)14-10-12-5-2-6-13-10/h2-6H,1H3,(H,11,17)(H,12,13,14,16)/i1D3. The van der Waals surface area contributed by atoms with Crippen molar-refractivity contribution in [3.05, 3.63) is 36.3 Å². The van der Waals surface area contributed by atoms with E-state index in [-0.39, 0.29) is 5.69 Å². The van der Waals surface area contributed by atoms with Gasteiger partial charge in [0.15, 0.2) is 11.5 Å².